The highest BCUT2D eigenvalue weighted by molar-refractivity contribution is 6.20. The smallest absolute Gasteiger partial charge is 0.317 e. The summed E-state index contributed by atoms with van der Waals surface area (Å²) in [4.78, 5) is 42.7. The van der Waals surface area contributed by atoms with E-state index in [9.17, 15) is 45.1 Å². The number of benzene rings is 3. The Morgan fingerprint density at radius 3 is 1.83 bits per heavy atom. The van der Waals surface area contributed by atoms with E-state index in [0.717, 1.165) is 6.07 Å². The van der Waals surface area contributed by atoms with Gasteiger partial charge in [-0.25, -0.2) is 17.6 Å². The molecule has 0 saturated carbocycles. The number of anilines is 1. The molecule has 0 aromatic heterocycles. The molecule has 186 valence electrons. The summed E-state index contributed by atoms with van der Waals surface area (Å²) in [6, 6.07) is 10.9. The van der Waals surface area contributed by atoms with Crippen LogP contribution in [0.25, 0.3) is 0 Å². The number of nitrogens with one attached hydrogen (secondary N) is 1. The number of imide groups is 1. The molecule has 1 aliphatic heterocycles. The lowest BCUT2D eigenvalue weighted by atomic mass is 10.1. The standard InChI is InChI=1S/C23H11F7N2O4/c24-15-14(23(28,29)30)16(25)18(27)19(17(15)26)31-20(33)11-6-2-1-5-10(11)9-36-32-21(34)12-7-3-4-8-13(12)22(32)35/h1-8H,9H2,(H,31,33). The van der Waals surface area contributed by atoms with E-state index in [1.165, 1.54) is 47.8 Å². The maximum atomic E-state index is 14.2. The van der Waals surface area contributed by atoms with Crippen LogP contribution in [0.5, 0.6) is 0 Å². The number of fused-ring (bicyclic) bond motifs is 1. The van der Waals surface area contributed by atoms with Gasteiger partial charge in [-0.1, -0.05) is 30.3 Å². The third-order valence-corrected chi connectivity index (χ3v) is 5.15. The molecule has 0 aliphatic carbocycles. The summed E-state index contributed by atoms with van der Waals surface area (Å²) in [5.41, 5.74) is -4.84. The van der Waals surface area contributed by atoms with Gasteiger partial charge in [0, 0.05) is 5.56 Å². The zero-order valence-corrected chi connectivity index (χ0v) is 17.6. The number of halogens is 7. The van der Waals surface area contributed by atoms with Crippen LogP contribution in [0.4, 0.5) is 36.4 Å². The predicted molar refractivity (Wildman–Crippen MR) is 107 cm³/mol. The number of hydroxylamine groups is 2. The molecule has 3 aromatic carbocycles. The highest BCUT2D eigenvalue weighted by Crippen LogP contribution is 2.38. The quantitative estimate of drug-likeness (QED) is 0.288. The van der Waals surface area contributed by atoms with Crippen LogP contribution in [-0.4, -0.2) is 22.8 Å². The number of amides is 3. The predicted octanol–water partition coefficient (Wildman–Crippen LogP) is 5.24. The summed E-state index contributed by atoms with van der Waals surface area (Å²) >= 11 is 0. The van der Waals surface area contributed by atoms with Crippen molar-refractivity contribution in [3.8, 4) is 0 Å². The Hall–Kier alpha value is -4.26. The van der Waals surface area contributed by atoms with Gasteiger partial charge in [0.1, 0.15) is 17.9 Å². The Balaban J connectivity index is 1.59. The van der Waals surface area contributed by atoms with Crippen LogP contribution in [0.2, 0.25) is 0 Å². The van der Waals surface area contributed by atoms with Crippen molar-refractivity contribution in [1.29, 1.82) is 0 Å². The Morgan fingerprint density at radius 1 is 0.806 bits per heavy atom. The van der Waals surface area contributed by atoms with E-state index in [-0.39, 0.29) is 22.3 Å². The molecule has 4 rings (SSSR count). The van der Waals surface area contributed by atoms with Crippen LogP contribution in [0.3, 0.4) is 0 Å². The number of alkyl halides is 3. The fourth-order valence-electron chi connectivity index (χ4n) is 3.46. The van der Waals surface area contributed by atoms with Crippen molar-refractivity contribution in [2.24, 2.45) is 0 Å². The van der Waals surface area contributed by atoms with Crippen molar-refractivity contribution in [2.75, 3.05) is 5.32 Å². The lowest BCUT2D eigenvalue weighted by molar-refractivity contribution is -0.143. The SMILES string of the molecule is O=C(Nc1c(F)c(F)c(C(F)(F)F)c(F)c1F)c1ccccc1CON1C(=O)c2ccccc2C1=O. The van der Waals surface area contributed by atoms with E-state index in [4.69, 9.17) is 4.84 Å². The molecule has 0 saturated heterocycles. The maximum absolute atomic E-state index is 14.2. The van der Waals surface area contributed by atoms with Gasteiger partial charge in [0.25, 0.3) is 17.7 Å². The number of hydrogen-bond donors (Lipinski definition) is 1. The molecule has 1 aliphatic rings. The second kappa shape index (κ2) is 9.07. The van der Waals surface area contributed by atoms with Gasteiger partial charge in [0.15, 0.2) is 23.3 Å². The zero-order chi connectivity index (χ0) is 26.4. The van der Waals surface area contributed by atoms with Gasteiger partial charge >= 0.3 is 6.18 Å². The Morgan fingerprint density at radius 2 is 1.31 bits per heavy atom. The molecule has 1 heterocycles. The third-order valence-electron chi connectivity index (χ3n) is 5.15. The second-order valence-electron chi connectivity index (χ2n) is 7.34. The number of nitrogens with zero attached hydrogens (tertiary/aromatic N) is 1. The monoisotopic (exact) mass is 512 g/mol. The molecule has 3 amide bonds. The van der Waals surface area contributed by atoms with Crippen LogP contribution in [0.1, 0.15) is 42.2 Å². The summed E-state index contributed by atoms with van der Waals surface area (Å²) < 4.78 is 94.4. The van der Waals surface area contributed by atoms with E-state index in [1.54, 1.807) is 0 Å². The molecule has 0 unspecified atom stereocenters. The van der Waals surface area contributed by atoms with Gasteiger partial charge in [-0.05, 0) is 23.8 Å². The molecule has 0 atom stereocenters. The van der Waals surface area contributed by atoms with Gasteiger partial charge in [-0.2, -0.15) is 13.2 Å². The first-order chi connectivity index (χ1) is 16.9. The molecular weight excluding hydrogens is 501 g/mol. The fourth-order valence-corrected chi connectivity index (χ4v) is 3.46. The molecule has 36 heavy (non-hydrogen) atoms. The van der Waals surface area contributed by atoms with Gasteiger partial charge in [-0.15, -0.1) is 5.06 Å². The van der Waals surface area contributed by atoms with E-state index >= 15 is 0 Å². The van der Waals surface area contributed by atoms with E-state index in [0.29, 0.717) is 5.06 Å². The van der Waals surface area contributed by atoms with Crippen molar-refractivity contribution in [3.05, 3.63) is 99.6 Å². The topological polar surface area (TPSA) is 75.7 Å². The summed E-state index contributed by atoms with van der Waals surface area (Å²) in [7, 11) is 0. The van der Waals surface area contributed by atoms with Crippen LogP contribution >= 0.6 is 0 Å². The first-order valence-corrected chi connectivity index (χ1v) is 9.86. The molecule has 0 radical (unpaired) electrons. The van der Waals surface area contributed by atoms with Crippen molar-refractivity contribution < 1.29 is 50.0 Å². The number of hydrogen-bond acceptors (Lipinski definition) is 4. The highest BCUT2D eigenvalue weighted by atomic mass is 19.4. The highest BCUT2D eigenvalue weighted by Gasteiger charge is 2.42. The second-order valence-corrected chi connectivity index (χ2v) is 7.34. The van der Waals surface area contributed by atoms with E-state index < -0.39 is 65.0 Å². The Labute approximate surface area is 196 Å². The van der Waals surface area contributed by atoms with Gasteiger partial charge in [0.2, 0.25) is 0 Å². The molecule has 1 N–H and O–H groups in total. The summed E-state index contributed by atoms with van der Waals surface area (Å²) in [5.74, 6) is -13.3. The van der Waals surface area contributed by atoms with E-state index in [2.05, 4.69) is 0 Å². The summed E-state index contributed by atoms with van der Waals surface area (Å²) in [6.07, 6.45) is -5.74. The number of carbonyl (C=O) groups is 3. The van der Waals surface area contributed by atoms with Crippen LogP contribution in [-0.2, 0) is 17.6 Å². The normalized spacial score (nSPS) is 13.2. The van der Waals surface area contributed by atoms with Crippen LogP contribution < -0.4 is 5.32 Å². The molecule has 0 fully saturated rings. The van der Waals surface area contributed by atoms with Gasteiger partial charge < -0.3 is 5.32 Å². The van der Waals surface area contributed by atoms with Crippen molar-refractivity contribution in [1.82, 2.24) is 5.06 Å². The molecule has 0 bridgehead atoms. The van der Waals surface area contributed by atoms with Crippen LogP contribution in [0, 0.1) is 23.3 Å². The first-order valence-electron chi connectivity index (χ1n) is 9.86. The largest absolute Gasteiger partial charge is 0.422 e. The molecule has 0 spiro atoms. The average Bonchev–Trinajstić information content (AvgIpc) is 3.08. The van der Waals surface area contributed by atoms with E-state index in [1.807, 2.05) is 0 Å². The van der Waals surface area contributed by atoms with Gasteiger partial charge in [-0.3, -0.25) is 19.2 Å². The van der Waals surface area contributed by atoms with Crippen molar-refractivity contribution in [2.45, 2.75) is 12.8 Å². The zero-order valence-electron chi connectivity index (χ0n) is 17.6. The maximum Gasteiger partial charge on any atom is 0.422 e. The third kappa shape index (κ3) is 4.17. The molecule has 6 nitrogen and oxygen atoms in total. The number of carbonyl (C=O) groups excluding carboxylic acids is 3. The Bertz CT molecular complexity index is 1360. The number of rotatable bonds is 5. The Kier molecular flexibility index (Phi) is 6.26. The summed E-state index contributed by atoms with van der Waals surface area (Å²) in [5, 5.41) is 1.96. The minimum absolute atomic E-state index is 0.0415. The van der Waals surface area contributed by atoms with Crippen molar-refractivity contribution in [3.63, 3.8) is 0 Å². The molecule has 13 heteroatoms. The minimum atomic E-state index is -5.74. The molecular formula is C23H11F7N2O4. The lowest BCUT2D eigenvalue weighted by Gasteiger charge is -2.17. The van der Waals surface area contributed by atoms with Crippen LogP contribution in [0.15, 0.2) is 48.5 Å². The van der Waals surface area contributed by atoms with Crippen molar-refractivity contribution >= 4 is 23.4 Å². The fraction of sp³-hybridized carbons (Fsp3) is 0.0870. The lowest BCUT2D eigenvalue weighted by Crippen LogP contribution is -2.30. The summed E-state index contributed by atoms with van der Waals surface area (Å²) in [6.45, 7) is -0.588. The molecule has 3 aromatic rings. The van der Waals surface area contributed by atoms with Gasteiger partial charge in [0.05, 0.1) is 11.1 Å². The average molecular weight is 512 g/mol. The minimum Gasteiger partial charge on any atom is -0.317 e. The first kappa shape index (κ1) is 24.9.